The lowest BCUT2D eigenvalue weighted by molar-refractivity contribution is -0.130. The number of nitrogens with zero attached hydrogens (tertiary/aromatic N) is 1. The van der Waals surface area contributed by atoms with Gasteiger partial charge in [0.1, 0.15) is 0 Å². The maximum absolute atomic E-state index is 13.2. The number of hydrogen-bond acceptors (Lipinski definition) is 3. The molecule has 2 N–H and O–H groups in total. The summed E-state index contributed by atoms with van der Waals surface area (Å²) >= 11 is 0. The highest BCUT2D eigenvalue weighted by Gasteiger charge is 2.36. The van der Waals surface area contributed by atoms with Crippen LogP contribution in [0.4, 0.5) is 0 Å². The quantitative estimate of drug-likeness (QED) is 0.712. The zero-order valence-electron chi connectivity index (χ0n) is 19.3. The van der Waals surface area contributed by atoms with Crippen LogP contribution in [0, 0.1) is 17.8 Å². The number of piperidine rings is 1. The van der Waals surface area contributed by atoms with E-state index < -0.39 is 0 Å². The Morgan fingerprint density at radius 1 is 1.20 bits per heavy atom. The minimum atomic E-state index is -0.166. The SMILES string of the molecule is CC1CC(C(C)C)C(CNC(=O)c2cccc(CN3CCCC3)c2C(C)C)C(=O)N1. The third-order valence-electron chi connectivity index (χ3n) is 6.82. The van der Waals surface area contributed by atoms with Gasteiger partial charge >= 0.3 is 0 Å². The van der Waals surface area contributed by atoms with Gasteiger partial charge in [-0.25, -0.2) is 0 Å². The van der Waals surface area contributed by atoms with Gasteiger partial charge in [-0.15, -0.1) is 0 Å². The normalized spacial score (nSPS) is 25.0. The minimum absolute atomic E-state index is 0.0594. The fourth-order valence-electron chi connectivity index (χ4n) is 5.27. The minimum Gasteiger partial charge on any atom is -0.353 e. The molecule has 0 radical (unpaired) electrons. The predicted molar refractivity (Wildman–Crippen MR) is 121 cm³/mol. The van der Waals surface area contributed by atoms with E-state index in [9.17, 15) is 9.59 Å². The Labute approximate surface area is 182 Å². The number of rotatable bonds is 7. The average molecular weight is 414 g/mol. The Hall–Kier alpha value is -1.88. The first-order valence-electron chi connectivity index (χ1n) is 11.7. The fourth-order valence-corrected chi connectivity index (χ4v) is 5.27. The molecule has 1 aromatic rings. The molecule has 0 aliphatic carbocycles. The number of amides is 2. The maximum Gasteiger partial charge on any atom is 0.251 e. The van der Waals surface area contributed by atoms with Crippen molar-refractivity contribution in [1.29, 1.82) is 0 Å². The summed E-state index contributed by atoms with van der Waals surface area (Å²) in [6.45, 7) is 14.3. The molecule has 2 aliphatic rings. The molecular weight excluding hydrogens is 374 g/mol. The van der Waals surface area contributed by atoms with E-state index in [1.807, 2.05) is 12.1 Å². The molecule has 0 bridgehead atoms. The van der Waals surface area contributed by atoms with Crippen molar-refractivity contribution in [1.82, 2.24) is 15.5 Å². The molecule has 30 heavy (non-hydrogen) atoms. The van der Waals surface area contributed by atoms with Crippen LogP contribution in [0.25, 0.3) is 0 Å². The van der Waals surface area contributed by atoms with E-state index in [0.717, 1.165) is 37.2 Å². The van der Waals surface area contributed by atoms with Crippen molar-refractivity contribution in [3.63, 3.8) is 0 Å². The Morgan fingerprint density at radius 2 is 1.90 bits per heavy atom. The lowest BCUT2D eigenvalue weighted by Gasteiger charge is -2.37. The first-order chi connectivity index (χ1) is 14.3. The smallest absolute Gasteiger partial charge is 0.251 e. The van der Waals surface area contributed by atoms with Crippen LogP contribution in [0.1, 0.15) is 81.3 Å². The van der Waals surface area contributed by atoms with E-state index in [0.29, 0.717) is 18.4 Å². The van der Waals surface area contributed by atoms with Crippen LogP contribution in [-0.2, 0) is 11.3 Å². The highest BCUT2D eigenvalue weighted by molar-refractivity contribution is 5.96. The summed E-state index contributed by atoms with van der Waals surface area (Å²) in [5.74, 6) is 0.818. The summed E-state index contributed by atoms with van der Waals surface area (Å²) in [6.07, 6.45) is 3.49. The monoisotopic (exact) mass is 413 g/mol. The number of carbonyl (C=O) groups is 2. The van der Waals surface area contributed by atoms with Gasteiger partial charge in [0.15, 0.2) is 0 Å². The zero-order chi connectivity index (χ0) is 21.8. The molecule has 5 heteroatoms. The van der Waals surface area contributed by atoms with E-state index in [-0.39, 0.29) is 29.7 Å². The largest absolute Gasteiger partial charge is 0.353 e. The van der Waals surface area contributed by atoms with E-state index in [1.165, 1.54) is 18.4 Å². The highest BCUT2D eigenvalue weighted by Crippen LogP contribution is 2.30. The van der Waals surface area contributed by atoms with Crippen LogP contribution in [0.2, 0.25) is 0 Å². The lowest BCUT2D eigenvalue weighted by Crippen LogP contribution is -2.52. The van der Waals surface area contributed by atoms with Crippen molar-refractivity contribution < 1.29 is 9.59 Å². The Kier molecular flexibility index (Phi) is 7.56. The molecule has 2 heterocycles. The van der Waals surface area contributed by atoms with Gasteiger partial charge in [-0.05, 0) is 74.2 Å². The summed E-state index contributed by atoms with van der Waals surface area (Å²) in [4.78, 5) is 28.3. The van der Waals surface area contributed by atoms with Crippen molar-refractivity contribution in [2.24, 2.45) is 17.8 Å². The molecular formula is C25H39N3O2. The second-order valence-corrected chi connectivity index (χ2v) is 9.89. The van der Waals surface area contributed by atoms with Crippen molar-refractivity contribution in [2.45, 2.75) is 72.4 Å². The van der Waals surface area contributed by atoms with Gasteiger partial charge in [-0.2, -0.15) is 0 Å². The first kappa shape index (κ1) is 22.8. The standard InChI is InChI=1S/C25H39N3O2/c1-16(2)21-13-18(5)27-25(30)22(21)14-26-24(29)20-10-8-9-19(23(20)17(3)4)15-28-11-6-7-12-28/h8-10,16-18,21-22H,6-7,11-15H2,1-5H3,(H,26,29)(H,27,30). The van der Waals surface area contributed by atoms with E-state index >= 15 is 0 Å². The van der Waals surface area contributed by atoms with Gasteiger partial charge in [0, 0.05) is 24.7 Å². The number of benzene rings is 1. The van der Waals surface area contributed by atoms with Gasteiger partial charge < -0.3 is 10.6 Å². The molecule has 3 atom stereocenters. The van der Waals surface area contributed by atoms with Crippen LogP contribution < -0.4 is 10.6 Å². The molecule has 2 aliphatic heterocycles. The second-order valence-electron chi connectivity index (χ2n) is 9.89. The number of nitrogens with one attached hydrogen (secondary N) is 2. The molecule has 2 amide bonds. The third kappa shape index (κ3) is 5.23. The van der Waals surface area contributed by atoms with E-state index in [2.05, 4.69) is 56.2 Å². The Balaban J connectivity index is 1.75. The van der Waals surface area contributed by atoms with Crippen molar-refractivity contribution >= 4 is 11.8 Å². The number of carbonyl (C=O) groups excluding carboxylic acids is 2. The predicted octanol–water partition coefficient (Wildman–Crippen LogP) is 3.93. The van der Waals surface area contributed by atoms with Crippen LogP contribution in [0.3, 0.4) is 0 Å². The van der Waals surface area contributed by atoms with Crippen molar-refractivity contribution in [3.05, 3.63) is 34.9 Å². The Morgan fingerprint density at radius 3 is 2.53 bits per heavy atom. The maximum atomic E-state index is 13.2. The van der Waals surface area contributed by atoms with Gasteiger partial charge in [0.05, 0.1) is 5.92 Å². The van der Waals surface area contributed by atoms with Gasteiger partial charge in [-0.1, -0.05) is 39.8 Å². The molecule has 5 nitrogen and oxygen atoms in total. The van der Waals surface area contributed by atoms with Gasteiger partial charge in [0.2, 0.25) is 5.91 Å². The summed E-state index contributed by atoms with van der Waals surface area (Å²) in [7, 11) is 0. The zero-order valence-corrected chi connectivity index (χ0v) is 19.3. The first-order valence-corrected chi connectivity index (χ1v) is 11.7. The average Bonchev–Trinajstić information content (AvgIpc) is 3.19. The van der Waals surface area contributed by atoms with Crippen LogP contribution in [0.15, 0.2) is 18.2 Å². The highest BCUT2D eigenvalue weighted by atomic mass is 16.2. The second kappa shape index (κ2) is 9.95. The van der Waals surface area contributed by atoms with E-state index in [1.54, 1.807) is 0 Å². The summed E-state index contributed by atoms with van der Waals surface area (Å²) in [6, 6.07) is 6.29. The molecule has 1 aromatic carbocycles. The molecule has 0 aromatic heterocycles. The molecule has 3 rings (SSSR count). The molecule has 2 fully saturated rings. The lowest BCUT2D eigenvalue weighted by atomic mass is 9.76. The molecule has 3 unspecified atom stereocenters. The molecule has 0 spiro atoms. The number of hydrogen-bond donors (Lipinski definition) is 2. The summed E-state index contributed by atoms with van der Waals surface area (Å²) < 4.78 is 0. The summed E-state index contributed by atoms with van der Waals surface area (Å²) in [5, 5.41) is 6.16. The van der Waals surface area contributed by atoms with Crippen LogP contribution >= 0.6 is 0 Å². The van der Waals surface area contributed by atoms with Crippen molar-refractivity contribution in [2.75, 3.05) is 19.6 Å². The molecule has 0 saturated carbocycles. The fraction of sp³-hybridized carbons (Fsp3) is 0.680. The Bertz CT molecular complexity index is 753. The summed E-state index contributed by atoms with van der Waals surface area (Å²) in [5.41, 5.74) is 3.15. The van der Waals surface area contributed by atoms with Gasteiger partial charge in [-0.3, -0.25) is 14.5 Å². The molecule has 166 valence electrons. The third-order valence-corrected chi connectivity index (χ3v) is 6.82. The van der Waals surface area contributed by atoms with Crippen molar-refractivity contribution in [3.8, 4) is 0 Å². The molecule has 2 saturated heterocycles. The van der Waals surface area contributed by atoms with Crippen LogP contribution in [-0.4, -0.2) is 42.4 Å². The topological polar surface area (TPSA) is 61.4 Å². The number of likely N-dealkylation sites (tertiary alicyclic amines) is 1. The van der Waals surface area contributed by atoms with Gasteiger partial charge in [0.25, 0.3) is 5.91 Å². The van der Waals surface area contributed by atoms with E-state index in [4.69, 9.17) is 0 Å². The van der Waals surface area contributed by atoms with Crippen LogP contribution in [0.5, 0.6) is 0 Å².